The minimum Gasteiger partial charge on any atom is -0.505 e. The van der Waals surface area contributed by atoms with Crippen LogP contribution in [-0.2, 0) is 0 Å². The van der Waals surface area contributed by atoms with Gasteiger partial charge in [0.05, 0.1) is 5.56 Å². The first-order valence-electron chi connectivity index (χ1n) is 2.82. The number of aldehydes is 1. The van der Waals surface area contributed by atoms with Crippen LogP contribution in [0, 0.1) is 5.82 Å². The predicted molar refractivity (Wildman–Crippen MR) is 40.7 cm³/mol. The van der Waals surface area contributed by atoms with Crippen LogP contribution in [0.4, 0.5) is 4.39 Å². The summed E-state index contributed by atoms with van der Waals surface area (Å²) in [6.45, 7) is 0. The number of halogens is 1. The molecule has 1 rings (SSSR count). The molecule has 0 saturated carbocycles. The van der Waals surface area contributed by atoms with Gasteiger partial charge in [0, 0.05) is 4.90 Å². The lowest BCUT2D eigenvalue weighted by atomic mass is 10.2. The standard InChI is InChI=1S/C7H5FO2S/c8-7-4(3-9)6(11)2-1-5(7)10/h1-3,10-11H. The maximum atomic E-state index is 12.7. The zero-order valence-corrected chi connectivity index (χ0v) is 6.31. The van der Waals surface area contributed by atoms with Gasteiger partial charge in [-0.25, -0.2) is 4.39 Å². The minimum absolute atomic E-state index is 0.215. The Morgan fingerprint density at radius 1 is 1.55 bits per heavy atom. The Labute approximate surface area is 68.1 Å². The van der Waals surface area contributed by atoms with Gasteiger partial charge in [-0.05, 0) is 12.1 Å². The van der Waals surface area contributed by atoms with Gasteiger partial charge in [0.15, 0.2) is 17.9 Å². The zero-order valence-electron chi connectivity index (χ0n) is 5.41. The lowest BCUT2D eigenvalue weighted by Gasteiger charge is -1.99. The first kappa shape index (κ1) is 8.07. The van der Waals surface area contributed by atoms with Gasteiger partial charge in [-0.1, -0.05) is 0 Å². The summed E-state index contributed by atoms with van der Waals surface area (Å²) in [5.74, 6) is -1.46. The second kappa shape index (κ2) is 2.92. The Morgan fingerprint density at radius 2 is 2.18 bits per heavy atom. The van der Waals surface area contributed by atoms with Gasteiger partial charge in [0.1, 0.15) is 0 Å². The number of thiol groups is 1. The molecule has 0 aliphatic carbocycles. The van der Waals surface area contributed by atoms with Crippen molar-refractivity contribution in [3.63, 3.8) is 0 Å². The highest BCUT2D eigenvalue weighted by atomic mass is 32.1. The summed E-state index contributed by atoms with van der Waals surface area (Å²) < 4.78 is 12.7. The molecule has 0 unspecified atom stereocenters. The summed E-state index contributed by atoms with van der Waals surface area (Å²) in [6.07, 6.45) is 0.317. The van der Waals surface area contributed by atoms with Crippen molar-refractivity contribution in [1.82, 2.24) is 0 Å². The van der Waals surface area contributed by atoms with Crippen LogP contribution in [0.3, 0.4) is 0 Å². The Kier molecular flexibility index (Phi) is 2.14. The van der Waals surface area contributed by atoms with Gasteiger partial charge >= 0.3 is 0 Å². The van der Waals surface area contributed by atoms with Gasteiger partial charge in [0.2, 0.25) is 0 Å². The highest BCUT2D eigenvalue weighted by Crippen LogP contribution is 2.23. The van der Waals surface area contributed by atoms with Crippen LogP contribution >= 0.6 is 12.6 Å². The number of aromatic hydroxyl groups is 1. The fourth-order valence-corrected chi connectivity index (χ4v) is 0.909. The normalized spacial score (nSPS) is 9.64. The largest absolute Gasteiger partial charge is 0.505 e. The molecule has 0 bridgehead atoms. The average molecular weight is 172 g/mol. The van der Waals surface area contributed by atoms with Crippen molar-refractivity contribution < 1.29 is 14.3 Å². The van der Waals surface area contributed by atoms with E-state index in [-0.39, 0.29) is 10.5 Å². The number of phenols is 1. The van der Waals surface area contributed by atoms with Crippen molar-refractivity contribution in [3.05, 3.63) is 23.5 Å². The molecule has 0 spiro atoms. The van der Waals surface area contributed by atoms with E-state index < -0.39 is 11.6 Å². The SMILES string of the molecule is O=Cc1c(S)ccc(O)c1F. The van der Waals surface area contributed by atoms with Crippen LogP contribution in [0.1, 0.15) is 10.4 Å². The number of phenolic OH excluding ortho intramolecular Hbond substituents is 1. The molecule has 0 aliphatic rings. The Morgan fingerprint density at radius 3 is 2.64 bits per heavy atom. The van der Waals surface area contributed by atoms with Crippen molar-refractivity contribution in [2.75, 3.05) is 0 Å². The zero-order chi connectivity index (χ0) is 8.43. The van der Waals surface area contributed by atoms with E-state index in [4.69, 9.17) is 5.11 Å². The Hall–Kier alpha value is -1.03. The second-order valence-electron chi connectivity index (χ2n) is 1.95. The first-order valence-corrected chi connectivity index (χ1v) is 3.27. The van der Waals surface area contributed by atoms with E-state index in [2.05, 4.69) is 12.6 Å². The number of carbonyl (C=O) groups excluding carboxylic acids is 1. The molecule has 0 aliphatic heterocycles. The van der Waals surface area contributed by atoms with Crippen LogP contribution in [0.2, 0.25) is 0 Å². The van der Waals surface area contributed by atoms with E-state index in [1.165, 1.54) is 6.07 Å². The third kappa shape index (κ3) is 1.35. The molecule has 58 valence electrons. The second-order valence-corrected chi connectivity index (χ2v) is 2.43. The number of hydrogen-bond acceptors (Lipinski definition) is 3. The molecule has 1 aromatic rings. The van der Waals surface area contributed by atoms with Gasteiger partial charge in [-0.15, -0.1) is 12.6 Å². The lowest BCUT2D eigenvalue weighted by Crippen LogP contribution is -1.89. The summed E-state index contributed by atoms with van der Waals surface area (Å²) in [5, 5.41) is 8.79. The molecule has 4 heteroatoms. The monoisotopic (exact) mass is 172 g/mol. The van der Waals surface area contributed by atoms with Crippen LogP contribution in [0.5, 0.6) is 5.75 Å². The van der Waals surface area contributed by atoms with E-state index in [1.807, 2.05) is 0 Å². The van der Waals surface area contributed by atoms with Crippen LogP contribution in [-0.4, -0.2) is 11.4 Å². The predicted octanol–water partition coefficient (Wildman–Crippen LogP) is 1.63. The molecular formula is C7H5FO2S. The molecule has 0 atom stereocenters. The molecular weight excluding hydrogens is 167 g/mol. The lowest BCUT2D eigenvalue weighted by molar-refractivity contribution is 0.111. The maximum absolute atomic E-state index is 12.7. The number of carbonyl (C=O) groups is 1. The topological polar surface area (TPSA) is 37.3 Å². The van der Waals surface area contributed by atoms with Gasteiger partial charge in [-0.3, -0.25) is 4.79 Å². The molecule has 0 aromatic heterocycles. The van der Waals surface area contributed by atoms with Crippen LogP contribution in [0.25, 0.3) is 0 Å². The summed E-state index contributed by atoms with van der Waals surface area (Å²) in [6, 6.07) is 2.50. The fraction of sp³-hybridized carbons (Fsp3) is 0. The van der Waals surface area contributed by atoms with E-state index in [9.17, 15) is 9.18 Å². The fourth-order valence-electron chi connectivity index (χ4n) is 0.683. The van der Waals surface area contributed by atoms with Gasteiger partial charge in [-0.2, -0.15) is 0 Å². The molecule has 11 heavy (non-hydrogen) atoms. The molecule has 0 radical (unpaired) electrons. The minimum atomic E-state index is -0.924. The highest BCUT2D eigenvalue weighted by molar-refractivity contribution is 7.80. The summed E-state index contributed by atoms with van der Waals surface area (Å²) in [4.78, 5) is 10.4. The van der Waals surface area contributed by atoms with Crippen LogP contribution in [0.15, 0.2) is 17.0 Å². The van der Waals surface area contributed by atoms with E-state index in [0.29, 0.717) is 6.29 Å². The van der Waals surface area contributed by atoms with Crippen molar-refractivity contribution in [2.45, 2.75) is 4.90 Å². The van der Waals surface area contributed by atoms with E-state index in [1.54, 1.807) is 0 Å². The van der Waals surface area contributed by atoms with Crippen molar-refractivity contribution >= 4 is 18.9 Å². The van der Waals surface area contributed by atoms with Crippen molar-refractivity contribution in [1.29, 1.82) is 0 Å². The van der Waals surface area contributed by atoms with Crippen molar-refractivity contribution in [2.24, 2.45) is 0 Å². The average Bonchev–Trinajstić information content (AvgIpc) is 1.99. The van der Waals surface area contributed by atoms with Crippen molar-refractivity contribution in [3.8, 4) is 5.75 Å². The maximum Gasteiger partial charge on any atom is 0.176 e. The molecule has 0 amide bonds. The van der Waals surface area contributed by atoms with Crippen LogP contribution < -0.4 is 0 Å². The third-order valence-corrected chi connectivity index (χ3v) is 1.64. The molecule has 2 nitrogen and oxygen atoms in total. The third-order valence-electron chi connectivity index (χ3n) is 1.25. The van der Waals surface area contributed by atoms with E-state index >= 15 is 0 Å². The smallest absolute Gasteiger partial charge is 0.176 e. The molecule has 1 N–H and O–H groups in total. The first-order chi connectivity index (χ1) is 5.16. The highest BCUT2D eigenvalue weighted by Gasteiger charge is 2.08. The molecule has 0 fully saturated rings. The Balaban J connectivity index is 3.40. The molecule has 0 saturated heterocycles. The summed E-state index contributed by atoms with van der Waals surface area (Å²) in [5.41, 5.74) is -0.215. The van der Waals surface area contributed by atoms with Gasteiger partial charge < -0.3 is 5.11 Å². The Bertz CT molecular complexity index is 299. The number of benzene rings is 1. The summed E-state index contributed by atoms with van der Waals surface area (Å²) in [7, 11) is 0. The number of hydrogen-bond donors (Lipinski definition) is 2. The van der Waals surface area contributed by atoms with Gasteiger partial charge in [0.25, 0.3) is 0 Å². The van der Waals surface area contributed by atoms with E-state index in [0.717, 1.165) is 6.07 Å². The number of rotatable bonds is 1. The molecule has 1 aromatic carbocycles. The summed E-state index contributed by atoms with van der Waals surface area (Å²) >= 11 is 3.81. The molecule has 0 heterocycles. The quantitative estimate of drug-likeness (QED) is 0.499.